The summed E-state index contributed by atoms with van der Waals surface area (Å²) in [6.45, 7) is 5.48. The van der Waals surface area contributed by atoms with Gasteiger partial charge in [-0.3, -0.25) is 24.0 Å². The largest absolute Gasteiger partial charge is 0.394 e. The normalized spacial score (nSPS) is 14.3. The highest BCUT2D eigenvalue weighted by atomic mass is 79.9. The summed E-state index contributed by atoms with van der Waals surface area (Å²) in [6, 6.07) is 3.06. The van der Waals surface area contributed by atoms with Crippen LogP contribution in [0, 0.1) is 5.92 Å². The summed E-state index contributed by atoms with van der Waals surface area (Å²) in [4.78, 5) is 63.5. The van der Waals surface area contributed by atoms with Gasteiger partial charge in [0.1, 0.15) is 24.2 Å². The Labute approximate surface area is 257 Å². The third-order valence-electron chi connectivity index (χ3n) is 6.47. The van der Waals surface area contributed by atoms with E-state index in [9.17, 15) is 29.1 Å². The molecular weight excluding hydrogens is 608 g/mol. The summed E-state index contributed by atoms with van der Waals surface area (Å²) >= 11 is 3.41. The molecule has 1 rings (SSSR count). The Kier molecular flexibility index (Phi) is 15.7. The quantitative estimate of drug-likeness (QED) is 0.0981. The van der Waals surface area contributed by atoms with E-state index in [0.29, 0.717) is 6.42 Å². The van der Waals surface area contributed by atoms with Gasteiger partial charge < -0.3 is 36.6 Å². The lowest BCUT2D eigenvalue weighted by Gasteiger charge is -2.27. The number of primary amides is 1. The van der Waals surface area contributed by atoms with Crippen LogP contribution in [0.4, 0.5) is 0 Å². The number of aliphatic hydroxyl groups excluding tert-OH is 1. The maximum atomic E-state index is 13.4. The van der Waals surface area contributed by atoms with E-state index in [0.717, 1.165) is 27.5 Å². The van der Waals surface area contributed by atoms with E-state index >= 15 is 0 Å². The predicted molar refractivity (Wildman–Crippen MR) is 164 cm³/mol. The summed E-state index contributed by atoms with van der Waals surface area (Å²) in [5.74, 6) is -3.01. The summed E-state index contributed by atoms with van der Waals surface area (Å²) in [7, 11) is 6.15. The van der Waals surface area contributed by atoms with Crippen molar-refractivity contribution in [3.8, 4) is 0 Å². The molecule has 0 unspecified atom stereocenters. The second-order valence-corrected chi connectivity index (χ2v) is 12.8. The maximum Gasteiger partial charge on any atom is 0.243 e. The SMILES string of the molecule is CC(C)C[C@H](NC(=O)[C@H](C)NC(=O)Cc1ccccc1Br)C(=O)N[C@@H](CCCC[N+](C)(C)C)C(=O)N[C@@H](CO)C(N)=O. The number of quaternary nitrogens is 1. The minimum atomic E-state index is -1.30. The van der Waals surface area contributed by atoms with Crippen LogP contribution in [0.1, 0.15) is 52.0 Å². The number of benzene rings is 1. The van der Waals surface area contributed by atoms with Gasteiger partial charge in [0.2, 0.25) is 29.5 Å². The summed E-state index contributed by atoms with van der Waals surface area (Å²) in [5.41, 5.74) is 6.02. The van der Waals surface area contributed by atoms with Crippen LogP contribution in [-0.4, -0.2) is 97.6 Å². The smallest absolute Gasteiger partial charge is 0.243 e. The van der Waals surface area contributed by atoms with E-state index in [2.05, 4.69) is 37.2 Å². The predicted octanol–water partition coefficient (Wildman–Crippen LogP) is 0.351. The molecule has 0 aliphatic rings. The van der Waals surface area contributed by atoms with Crippen molar-refractivity contribution in [2.45, 2.75) is 77.0 Å². The van der Waals surface area contributed by atoms with Crippen molar-refractivity contribution in [2.24, 2.45) is 11.7 Å². The number of carbonyl (C=O) groups is 5. The monoisotopic (exact) mass is 655 g/mol. The molecule has 236 valence electrons. The van der Waals surface area contributed by atoms with Gasteiger partial charge in [0.05, 0.1) is 40.7 Å². The van der Waals surface area contributed by atoms with Crippen molar-refractivity contribution >= 4 is 45.5 Å². The number of rotatable bonds is 18. The molecule has 0 aromatic heterocycles. The van der Waals surface area contributed by atoms with E-state index in [1.807, 2.05) is 53.2 Å². The fourth-order valence-electron chi connectivity index (χ4n) is 4.13. The highest BCUT2D eigenvalue weighted by Gasteiger charge is 2.30. The molecule has 0 saturated carbocycles. The van der Waals surface area contributed by atoms with E-state index in [-0.39, 0.29) is 31.1 Å². The number of aliphatic hydroxyl groups is 1. The molecule has 0 aliphatic carbocycles. The number of nitrogens with one attached hydrogen (secondary N) is 4. The van der Waals surface area contributed by atoms with Crippen molar-refractivity contribution in [3.63, 3.8) is 0 Å². The Hall–Kier alpha value is -3.03. The minimum absolute atomic E-state index is 0.0202. The number of amides is 5. The highest BCUT2D eigenvalue weighted by molar-refractivity contribution is 9.10. The topological polar surface area (TPSA) is 180 Å². The average Bonchev–Trinajstić information content (AvgIpc) is 2.88. The van der Waals surface area contributed by atoms with Crippen molar-refractivity contribution in [3.05, 3.63) is 34.3 Å². The third-order valence-corrected chi connectivity index (χ3v) is 7.24. The van der Waals surface area contributed by atoms with E-state index in [4.69, 9.17) is 5.73 Å². The molecule has 13 heteroatoms. The highest BCUT2D eigenvalue weighted by Crippen LogP contribution is 2.16. The molecule has 0 aliphatic heterocycles. The van der Waals surface area contributed by atoms with Crippen LogP contribution in [0.15, 0.2) is 28.7 Å². The lowest BCUT2D eigenvalue weighted by molar-refractivity contribution is -0.870. The fourth-order valence-corrected chi connectivity index (χ4v) is 4.55. The van der Waals surface area contributed by atoms with Gasteiger partial charge in [-0.2, -0.15) is 0 Å². The van der Waals surface area contributed by atoms with Crippen LogP contribution in [0.3, 0.4) is 0 Å². The molecule has 4 atom stereocenters. The molecule has 0 heterocycles. The molecule has 0 saturated heterocycles. The zero-order chi connectivity index (χ0) is 32.0. The summed E-state index contributed by atoms with van der Waals surface area (Å²) in [6.07, 6.45) is 2.02. The Bertz CT molecular complexity index is 1080. The Morgan fingerprint density at radius 2 is 1.43 bits per heavy atom. The number of carbonyl (C=O) groups excluding carboxylic acids is 5. The Balaban J connectivity index is 2.96. The lowest BCUT2D eigenvalue weighted by atomic mass is 10.0. The molecule has 5 amide bonds. The summed E-state index contributed by atoms with van der Waals surface area (Å²) in [5, 5.41) is 19.9. The zero-order valence-corrected chi connectivity index (χ0v) is 27.1. The summed E-state index contributed by atoms with van der Waals surface area (Å²) < 4.78 is 1.51. The molecule has 0 spiro atoms. The first-order valence-corrected chi connectivity index (χ1v) is 15.0. The first-order valence-electron chi connectivity index (χ1n) is 14.2. The van der Waals surface area contributed by atoms with Crippen LogP contribution < -0.4 is 27.0 Å². The van der Waals surface area contributed by atoms with Gasteiger partial charge >= 0.3 is 0 Å². The maximum absolute atomic E-state index is 13.4. The average molecular weight is 657 g/mol. The molecule has 0 bridgehead atoms. The van der Waals surface area contributed by atoms with Crippen LogP contribution >= 0.6 is 15.9 Å². The molecule has 0 radical (unpaired) electrons. The Morgan fingerprint density at radius 1 is 0.857 bits per heavy atom. The molecular formula is C29H48BrN6O6+. The second kappa shape index (κ2) is 17.8. The van der Waals surface area contributed by atoms with Gasteiger partial charge in [-0.15, -0.1) is 0 Å². The third kappa shape index (κ3) is 14.2. The van der Waals surface area contributed by atoms with Crippen LogP contribution in [0.5, 0.6) is 0 Å². The number of unbranched alkanes of at least 4 members (excludes halogenated alkanes) is 1. The van der Waals surface area contributed by atoms with E-state index < -0.39 is 54.4 Å². The second-order valence-electron chi connectivity index (χ2n) is 12.0. The van der Waals surface area contributed by atoms with Gasteiger partial charge in [0.25, 0.3) is 0 Å². The van der Waals surface area contributed by atoms with Crippen molar-refractivity contribution in [1.82, 2.24) is 21.3 Å². The van der Waals surface area contributed by atoms with Crippen molar-refractivity contribution in [2.75, 3.05) is 34.3 Å². The van der Waals surface area contributed by atoms with Crippen molar-refractivity contribution < 1.29 is 33.6 Å². The molecule has 12 nitrogen and oxygen atoms in total. The van der Waals surface area contributed by atoms with Gasteiger partial charge in [0.15, 0.2) is 0 Å². The van der Waals surface area contributed by atoms with Gasteiger partial charge in [-0.1, -0.05) is 48.0 Å². The standard InChI is InChI=1S/C29H47BrN6O6/c1-18(2)15-23(34-27(40)19(3)32-25(38)16-20-11-7-8-12-21(20)30)29(42)33-22(13-9-10-14-36(4,5)6)28(41)35-24(17-37)26(31)39/h7-8,11-12,18-19,22-24,37H,9-10,13-17H2,1-6H3,(H5-,31,32,33,34,35,38,39,40,41,42)/p+1/t19-,22-,23-,24-/m0/s1. The molecule has 7 N–H and O–H groups in total. The molecule has 42 heavy (non-hydrogen) atoms. The van der Waals surface area contributed by atoms with Crippen LogP contribution in [-0.2, 0) is 30.4 Å². The minimum Gasteiger partial charge on any atom is -0.394 e. The number of hydrogen-bond acceptors (Lipinski definition) is 6. The fraction of sp³-hybridized carbons (Fsp3) is 0.621. The Morgan fingerprint density at radius 3 is 1.98 bits per heavy atom. The number of halogens is 1. The van der Waals surface area contributed by atoms with Gasteiger partial charge in [-0.05, 0) is 50.2 Å². The van der Waals surface area contributed by atoms with Gasteiger partial charge in [0, 0.05) is 4.47 Å². The first kappa shape index (κ1) is 37.0. The number of hydrogen-bond donors (Lipinski definition) is 6. The van der Waals surface area contributed by atoms with E-state index in [1.165, 1.54) is 6.92 Å². The van der Waals surface area contributed by atoms with Gasteiger partial charge in [-0.25, -0.2) is 0 Å². The molecule has 1 aromatic rings. The first-order chi connectivity index (χ1) is 19.5. The van der Waals surface area contributed by atoms with Crippen LogP contribution in [0.25, 0.3) is 0 Å². The van der Waals surface area contributed by atoms with Crippen LogP contribution in [0.2, 0.25) is 0 Å². The van der Waals surface area contributed by atoms with Crippen molar-refractivity contribution in [1.29, 1.82) is 0 Å². The zero-order valence-electron chi connectivity index (χ0n) is 25.5. The molecule has 0 fully saturated rings. The lowest BCUT2D eigenvalue weighted by Crippen LogP contribution is -2.58. The number of nitrogens with zero attached hydrogens (tertiary/aromatic N) is 1. The van der Waals surface area contributed by atoms with E-state index in [1.54, 1.807) is 6.07 Å². The number of nitrogens with two attached hydrogens (primary N) is 1. The molecule has 1 aromatic carbocycles.